The van der Waals surface area contributed by atoms with Gasteiger partial charge in [-0.05, 0) is 48.4 Å². The monoisotopic (exact) mass is 391 g/mol. The maximum absolute atomic E-state index is 12.5. The van der Waals surface area contributed by atoms with Crippen molar-refractivity contribution in [1.29, 1.82) is 0 Å². The van der Waals surface area contributed by atoms with Crippen molar-refractivity contribution in [3.05, 3.63) is 77.5 Å². The highest BCUT2D eigenvalue weighted by atomic mass is 16.5. The van der Waals surface area contributed by atoms with E-state index in [-0.39, 0.29) is 12.2 Å². The van der Waals surface area contributed by atoms with Gasteiger partial charge in [0.25, 0.3) is 5.91 Å². The van der Waals surface area contributed by atoms with Gasteiger partial charge >= 0.3 is 6.03 Å². The molecular formula is C22H21N3O4. The molecule has 2 aromatic carbocycles. The normalized spacial score (nSPS) is 15.4. The quantitative estimate of drug-likeness (QED) is 0.585. The highest BCUT2D eigenvalue weighted by Crippen LogP contribution is 2.17. The predicted octanol–water partition coefficient (Wildman–Crippen LogP) is 3.17. The molecule has 3 rings (SSSR count). The molecule has 0 aliphatic carbocycles. The largest absolute Gasteiger partial charge is 0.497 e. The summed E-state index contributed by atoms with van der Waals surface area (Å²) in [5, 5.41) is 5.17. The Bertz CT molecular complexity index is 979. The maximum atomic E-state index is 12.5. The second-order valence-electron chi connectivity index (χ2n) is 6.46. The number of amides is 4. The van der Waals surface area contributed by atoms with Gasteiger partial charge in [-0.3, -0.25) is 9.59 Å². The van der Waals surface area contributed by atoms with Crippen molar-refractivity contribution in [2.45, 2.75) is 6.92 Å². The number of imide groups is 1. The topological polar surface area (TPSA) is 87.7 Å². The second-order valence-corrected chi connectivity index (χ2v) is 6.46. The molecule has 2 N–H and O–H groups in total. The summed E-state index contributed by atoms with van der Waals surface area (Å²) >= 11 is 0. The third-order valence-electron chi connectivity index (χ3n) is 4.20. The van der Waals surface area contributed by atoms with E-state index in [4.69, 9.17) is 4.74 Å². The van der Waals surface area contributed by atoms with E-state index in [9.17, 15) is 14.4 Å². The highest BCUT2D eigenvalue weighted by Gasteiger charge is 2.34. The second kappa shape index (κ2) is 8.88. The number of allylic oxidation sites excluding steroid dienone is 2. The van der Waals surface area contributed by atoms with Gasteiger partial charge in [0.2, 0.25) is 5.91 Å². The zero-order valence-corrected chi connectivity index (χ0v) is 16.1. The van der Waals surface area contributed by atoms with Crippen molar-refractivity contribution in [3.8, 4) is 5.75 Å². The standard InChI is InChI=1S/C22H21N3O4/c1-15(12-16-6-4-3-5-7-16)13-19-21(27)25(22(28)24-19)14-20(26)23-17-8-10-18(29-2)11-9-17/h3-13H,14H2,1-2H3,(H,23,26)(H,24,28)/b15-12+,19-13-. The first kappa shape index (κ1) is 19.9. The molecule has 2 aromatic rings. The Morgan fingerprint density at radius 1 is 1.10 bits per heavy atom. The summed E-state index contributed by atoms with van der Waals surface area (Å²) in [7, 11) is 1.55. The van der Waals surface area contributed by atoms with E-state index in [1.807, 2.05) is 43.3 Å². The van der Waals surface area contributed by atoms with Crippen LogP contribution in [0.3, 0.4) is 0 Å². The number of anilines is 1. The minimum atomic E-state index is -0.626. The fourth-order valence-electron chi connectivity index (χ4n) is 2.82. The first-order valence-corrected chi connectivity index (χ1v) is 8.98. The molecule has 1 aliphatic rings. The van der Waals surface area contributed by atoms with Gasteiger partial charge in [-0.15, -0.1) is 0 Å². The average molecular weight is 391 g/mol. The van der Waals surface area contributed by atoms with Crippen molar-refractivity contribution in [1.82, 2.24) is 10.2 Å². The molecule has 29 heavy (non-hydrogen) atoms. The number of carbonyl (C=O) groups is 3. The Balaban J connectivity index is 1.65. The average Bonchev–Trinajstić information content (AvgIpc) is 2.96. The van der Waals surface area contributed by atoms with Crippen LogP contribution in [0.15, 0.2) is 71.9 Å². The molecular weight excluding hydrogens is 370 g/mol. The molecule has 0 unspecified atom stereocenters. The Hall–Kier alpha value is -3.87. The number of rotatable bonds is 6. The highest BCUT2D eigenvalue weighted by molar-refractivity contribution is 6.14. The molecule has 4 amide bonds. The van der Waals surface area contributed by atoms with Crippen LogP contribution in [-0.2, 0) is 9.59 Å². The van der Waals surface area contributed by atoms with E-state index in [0.29, 0.717) is 11.4 Å². The number of urea groups is 1. The summed E-state index contributed by atoms with van der Waals surface area (Å²) in [6.07, 6.45) is 3.49. The van der Waals surface area contributed by atoms with Gasteiger partial charge in [0, 0.05) is 5.69 Å². The Kier molecular flexibility index (Phi) is 6.09. The van der Waals surface area contributed by atoms with Crippen LogP contribution in [0.4, 0.5) is 10.5 Å². The van der Waals surface area contributed by atoms with E-state index in [1.165, 1.54) is 0 Å². The number of carbonyl (C=O) groups excluding carboxylic acids is 3. The van der Waals surface area contributed by atoms with Gasteiger partial charge in [0.1, 0.15) is 18.0 Å². The molecule has 148 valence electrons. The van der Waals surface area contributed by atoms with Crippen LogP contribution in [-0.4, -0.2) is 36.4 Å². The fraction of sp³-hybridized carbons (Fsp3) is 0.136. The van der Waals surface area contributed by atoms with Gasteiger partial charge in [-0.2, -0.15) is 0 Å². The molecule has 1 fully saturated rings. The number of hydrogen-bond donors (Lipinski definition) is 2. The molecule has 7 heteroatoms. The molecule has 0 atom stereocenters. The Morgan fingerprint density at radius 3 is 2.45 bits per heavy atom. The predicted molar refractivity (Wildman–Crippen MR) is 110 cm³/mol. The van der Waals surface area contributed by atoms with Crippen LogP contribution in [0.25, 0.3) is 6.08 Å². The molecule has 0 saturated carbocycles. The summed E-state index contributed by atoms with van der Waals surface area (Å²) in [6, 6.07) is 15.7. The molecule has 0 aromatic heterocycles. The maximum Gasteiger partial charge on any atom is 0.329 e. The van der Waals surface area contributed by atoms with Crippen LogP contribution in [0.1, 0.15) is 12.5 Å². The molecule has 1 heterocycles. The molecule has 1 saturated heterocycles. The van der Waals surface area contributed by atoms with Gasteiger partial charge in [-0.25, -0.2) is 9.69 Å². The summed E-state index contributed by atoms with van der Waals surface area (Å²) in [4.78, 5) is 37.8. The zero-order valence-electron chi connectivity index (χ0n) is 16.1. The van der Waals surface area contributed by atoms with E-state index < -0.39 is 17.8 Å². The number of nitrogens with zero attached hydrogens (tertiary/aromatic N) is 1. The van der Waals surface area contributed by atoms with Crippen LogP contribution in [0, 0.1) is 0 Å². The fourth-order valence-corrected chi connectivity index (χ4v) is 2.82. The van der Waals surface area contributed by atoms with Gasteiger partial charge in [0.05, 0.1) is 7.11 Å². The molecule has 0 bridgehead atoms. The molecule has 7 nitrogen and oxygen atoms in total. The third kappa shape index (κ3) is 5.10. The van der Waals surface area contributed by atoms with E-state index in [0.717, 1.165) is 16.0 Å². The van der Waals surface area contributed by atoms with E-state index in [1.54, 1.807) is 37.5 Å². The minimum absolute atomic E-state index is 0.136. The van der Waals surface area contributed by atoms with Crippen molar-refractivity contribution >= 4 is 29.6 Å². The van der Waals surface area contributed by atoms with Crippen molar-refractivity contribution in [2.24, 2.45) is 0 Å². The molecule has 0 radical (unpaired) electrons. The summed E-state index contributed by atoms with van der Waals surface area (Å²) < 4.78 is 5.06. The lowest BCUT2D eigenvalue weighted by atomic mass is 10.1. The lowest BCUT2D eigenvalue weighted by Crippen LogP contribution is -2.38. The zero-order chi connectivity index (χ0) is 20.8. The first-order valence-electron chi connectivity index (χ1n) is 8.98. The van der Waals surface area contributed by atoms with Crippen molar-refractivity contribution < 1.29 is 19.1 Å². The summed E-state index contributed by atoms with van der Waals surface area (Å²) in [5.74, 6) is -0.358. The van der Waals surface area contributed by atoms with Crippen LogP contribution in [0.2, 0.25) is 0 Å². The smallest absolute Gasteiger partial charge is 0.329 e. The minimum Gasteiger partial charge on any atom is -0.497 e. The lowest BCUT2D eigenvalue weighted by molar-refractivity contribution is -0.127. The summed E-state index contributed by atoms with van der Waals surface area (Å²) in [6.45, 7) is 1.45. The Labute approximate surface area is 168 Å². The van der Waals surface area contributed by atoms with Crippen molar-refractivity contribution in [3.63, 3.8) is 0 Å². The Morgan fingerprint density at radius 2 is 1.79 bits per heavy atom. The number of methoxy groups -OCH3 is 1. The SMILES string of the molecule is COc1ccc(NC(=O)CN2C(=O)N/C(=C\C(C)=C\c3ccccc3)C2=O)cc1. The molecule has 0 spiro atoms. The van der Waals surface area contributed by atoms with Crippen molar-refractivity contribution in [2.75, 3.05) is 19.0 Å². The first-order chi connectivity index (χ1) is 14.0. The molecule has 1 aliphatic heterocycles. The van der Waals surface area contributed by atoms with Crippen LogP contribution in [0.5, 0.6) is 5.75 Å². The third-order valence-corrected chi connectivity index (χ3v) is 4.20. The number of hydrogen-bond acceptors (Lipinski definition) is 4. The van der Waals surface area contributed by atoms with E-state index in [2.05, 4.69) is 10.6 Å². The van der Waals surface area contributed by atoms with Gasteiger partial charge in [-0.1, -0.05) is 36.4 Å². The number of nitrogens with one attached hydrogen (secondary N) is 2. The van der Waals surface area contributed by atoms with Gasteiger partial charge in [0.15, 0.2) is 0 Å². The number of benzene rings is 2. The van der Waals surface area contributed by atoms with Gasteiger partial charge < -0.3 is 15.4 Å². The number of ether oxygens (including phenoxy) is 1. The lowest BCUT2D eigenvalue weighted by Gasteiger charge is -2.12. The summed E-state index contributed by atoms with van der Waals surface area (Å²) in [5.41, 5.74) is 2.45. The van der Waals surface area contributed by atoms with Crippen LogP contribution < -0.4 is 15.4 Å². The van der Waals surface area contributed by atoms with E-state index >= 15 is 0 Å². The van der Waals surface area contributed by atoms with Crippen LogP contribution >= 0.6 is 0 Å².